The first kappa shape index (κ1) is 14.6. The van der Waals surface area contributed by atoms with Gasteiger partial charge in [0, 0.05) is 24.5 Å². The molecule has 20 heavy (non-hydrogen) atoms. The third kappa shape index (κ3) is 3.02. The molecule has 0 fully saturated rings. The van der Waals surface area contributed by atoms with E-state index in [0.29, 0.717) is 0 Å². The summed E-state index contributed by atoms with van der Waals surface area (Å²) in [7, 11) is 2.11. The van der Waals surface area contributed by atoms with E-state index in [1.165, 1.54) is 28.1 Å². The van der Waals surface area contributed by atoms with Crippen LogP contribution in [0.5, 0.6) is 0 Å². The summed E-state index contributed by atoms with van der Waals surface area (Å²) in [5, 5.41) is 0. The molecule has 0 bridgehead atoms. The van der Waals surface area contributed by atoms with Crippen LogP contribution < -0.4 is 10.6 Å². The molecule has 0 aliphatic rings. The Hall–Kier alpha value is -1.80. The maximum Gasteiger partial charge on any atom is 0.0456 e. The van der Waals surface area contributed by atoms with Crippen molar-refractivity contribution in [2.45, 2.75) is 33.2 Å². The van der Waals surface area contributed by atoms with Crippen molar-refractivity contribution in [2.24, 2.45) is 5.73 Å². The average molecular weight is 268 g/mol. The fourth-order valence-electron chi connectivity index (χ4n) is 2.61. The molecule has 0 spiro atoms. The second kappa shape index (κ2) is 6.10. The minimum absolute atomic E-state index is 0.0829. The van der Waals surface area contributed by atoms with Gasteiger partial charge in [0.25, 0.3) is 0 Å². The highest BCUT2D eigenvalue weighted by molar-refractivity contribution is 5.67. The van der Waals surface area contributed by atoms with E-state index in [2.05, 4.69) is 75.2 Å². The predicted molar refractivity (Wildman–Crippen MR) is 87.6 cm³/mol. The van der Waals surface area contributed by atoms with Gasteiger partial charge in [-0.05, 0) is 55.2 Å². The summed E-state index contributed by atoms with van der Waals surface area (Å²) in [6.07, 6.45) is 0.942. The molecule has 2 aromatic carbocycles. The topological polar surface area (TPSA) is 29.3 Å². The van der Waals surface area contributed by atoms with Gasteiger partial charge >= 0.3 is 0 Å². The largest absolute Gasteiger partial charge is 0.344 e. The van der Waals surface area contributed by atoms with Crippen LogP contribution in [0.25, 0.3) is 0 Å². The lowest BCUT2D eigenvalue weighted by atomic mass is 10.0. The van der Waals surface area contributed by atoms with Gasteiger partial charge in [-0.2, -0.15) is 0 Å². The van der Waals surface area contributed by atoms with Gasteiger partial charge in [-0.3, -0.25) is 0 Å². The molecule has 0 saturated carbocycles. The molecule has 106 valence electrons. The smallest absolute Gasteiger partial charge is 0.0456 e. The van der Waals surface area contributed by atoms with Crippen molar-refractivity contribution >= 4 is 11.4 Å². The Morgan fingerprint density at radius 2 is 1.65 bits per heavy atom. The zero-order chi connectivity index (χ0) is 14.7. The summed E-state index contributed by atoms with van der Waals surface area (Å²) in [5.74, 6) is 0. The van der Waals surface area contributed by atoms with Gasteiger partial charge in [0.05, 0.1) is 0 Å². The van der Waals surface area contributed by atoms with Crippen molar-refractivity contribution in [3.8, 4) is 0 Å². The van der Waals surface area contributed by atoms with Crippen molar-refractivity contribution in [1.29, 1.82) is 0 Å². The van der Waals surface area contributed by atoms with Gasteiger partial charge in [-0.25, -0.2) is 0 Å². The lowest BCUT2D eigenvalue weighted by Gasteiger charge is -2.25. The number of nitrogens with zero attached hydrogens (tertiary/aromatic N) is 1. The average Bonchev–Trinajstić information content (AvgIpc) is 2.44. The van der Waals surface area contributed by atoms with Gasteiger partial charge in [0.15, 0.2) is 0 Å². The Morgan fingerprint density at radius 1 is 1.05 bits per heavy atom. The van der Waals surface area contributed by atoms with Crippen LogP contribution in [0.2, 0.25) is 0 Å². The lowest BCUT2D eigenvalue weighted by Crippen LogP contribution is -2.17. The first-order valence-electron chi connectivity index (χ1n) is 7.19. The van der Waals surface area contributed by atoms with Crippen molar-refractivity contribution in [3.63, 3.8) is 0 Å². The third-order valence-corrected chi connectivity index (χ3v) is 3.73. The molecule has 1 unspecified atom stereocenters. The number of rotatable bonds is 4. The van der Waals surface area contributed by atoms with E-state index in [1.54, 1.807) is 0 Å². The van der Waals surface area contributed by atoms with Crippen LogP contribution in [-0.4, -0.2) is 7.05 Å². The van der Waals surface area contributed by atoms with Gasteiger partial charge in [0.1, 0.15) is 0 Å². The zero-order valence-electron chi connectivity index (χ0n) is 12.9. The Balaban J connectivity index is 2.45. The second-order valence-corrected chi connectivity index (χ2v) is 5.48. The fourth-order valence-corrected chi connectivity index (χ4v) is 2.61. The normalized spacial score (nSPS) is 12.2. The van der Waals surface area contributed by atoms with Crippen LogP contribution in [0.15, 0.2) is 42.5 Å². The summed E-state index contributed by atoms with van der Waals surface area (Å²) < 4.78 is 0. The van der Waals surface area contributed by atoms with E-state index in [1.807, 2.05) is 0 Å². The van der Waals surface area contributed by atoms with Crippen molar-refractivity contribution in [1.82, 2.24) is 0 Å². The molecule has 2 aromatic rings. The van der Waals surface area contributed by atoms with E-state index in [-0.39, 0.29) is 6.04 Å². The number of hydrogen-bond donors (Lipinski definition) is 1. The monoisotopic (exact) mass is 268 g/mol. The Kier molecular flexibility index (Phi) is 4.46. The lowest BCUT2D eigenvalue weighted by molar-refractivity contribution is 0.698. The van der Waals surface area contributed by atoms with Gasteiger partial charge in [-0.15, -0.1) is 0 Å². The molecule has 2 heteroatoms. The summed E-state index contributed by atoms with van der Waals surface area (Å²) >= 11 is 0. The molecule has 2 nitrogen and oxygen atoms in total. The second-order valence-electron chi connectivity index (χ2n) is 5.48. The van der Waals surface area contributed by atoms with Crippen molar-refractivity contribution in [3.05, 3.63) is 59.2 Å². The molecule has 2 rings (SSSR count). The van der Waals surface area contributed by atoms with Crippen LogP contribution >= 0.6 is 0 Å². The number of nitrogens with two attached hydrogens (primary N) is 1. The number of benzene rings is 2. The van der Waals surface area contributed by atoms with Crippen LogP contribution in [0.3, 0.4) is 0 Å². The van der Waals surface area contributed by atoms with Crippen LogP contribution in [0.4, 0.5) is 11.4 Å². The molecule has 1 atom stereocenters. The minimum atomic E-state index is 0.0829. The van der Waals surface area contributed by atoms with E-state index < -0.39 is 0 Å². The van der Waals surface area contributed by atoms with Crippen LogP contribution in [0, 0.1) is 13.8 Å². The van der Waals surface area contributed by atoms with E-state index in [0.717, 1.165) is 6.42 Å². The highest BCUT2D eigenvalue weighted by Crippen LogP contribution is 2.31. The Morgan fingerprint density at radius 3 is 2.25 bits per heavy atom. The SMILES string of the molecule is CCC(N)c1ccccc1N(C)c1cc(C)cc(C)c1. The van der Waals surface area contributed by atoms with Crippen molar-refractivity contribution in [2.75, 3.05) is 11.9 Å². The van der Waals surface area contributed by atoms with Gasteiger partial charge in [-0.1, -0.05) is 31.2 Å². The highest BCUT2D eigenvalue weighted by Gasteiger charge is 2.13. The van der Waals surface area contributed by atoms with E-state index in [4.69, 9.17) is 5.73 Å². The zero-order valence-corrected chi connectivity index (χ0v) is 12.9. The number of anilines is 2. The quantitative estimate of drug-likeness (QED) is 0.885. The Bertz CT molecular complexity index is 569. The first-order valence-corrected chi connectivity index (χ1v) is 7.19. The molecule has 0 aliphatic heterocycles. The maximum atomic E-state index is 6.24. The highest BCUT2D eigenvalue weighted by atomic mass is 15.1. The molecule has 0 radical (unpaired) electrons. The molecule has 0 heterocycles. The molecule has 0 aliphatic carbocycles. The van der Waals surface area contributed by atoms with Crippen LogP contribution in [0.1, 0.15) is 36.1 Å². The summed E-state index contributed by atoms with van der Waals surface area (Å²) in [5.41, 5.74) is 12.4. The maximum absolute atomic E-state index is 6.24. The van der Waals surface area contributed by atoms with Crippen molar-refractivity contribution < 1.29 is 0 Å². The summed E-state index contributed by atoms with van der Waals surface area (Å²) in [6, 6.07) is 15.1. The van der Waals surface area contributed by atoms with E-state index >= 15 is 0 Å². The van der Waals surface area contributed by atoms with E-state index in [9.17, 15) is 0 Å². The predicted octanol–water partition coefficient (Wildman–Crippen LogP) is 4.48. The molecule has 0 aromatic heterocycles. The number of hydrogen-bond acceptors (Lipinski definition) is 2. The summed E-state index contributed by atoms with van der Waals surface area (Å²) in [4.78, 5) is 2.23. The minimum Gasteiger partial charge on any atom is -0.344 e. The molecule has 0 amide bonds. The number of para-hydroxylation sites is 1. The fraction of sp³-hybridized carbons (Fsp3) is 0.333. The first-order chi connectivity index (χ1) is 9.52. The van der Waals surface area contributed by atoms with Gasteiger partial charge < -0.3 is 10.6 Å². The van der Waals surface area contributed by atoms with Gasteiger partial charge in [0.2, 0.25) is 0 Å². The molecular weight excluding hydrogens is 244 g/mol. The summed E-state index contributed by atoms with van der Waals surface area (Å²) in [6.45, 7) is 6.39. The molecule has 0 saturated heterocycles. The standard InChI is InChI=1S/C18H24N2/c1-5-17(19)16-8-6-7-9-18(16)20(4)15-11-13(2)10-14(3)12-15/h6-12,17H,5,19H2,1-4H3. The molecule has 2 N–H and O–H groups in total. The Labute approximate surface area is 122 Å². The number of aryl methyl sites for hydroxylation is 2. The van der Waals surface area contributed by atoms with Crippen LogP contribution in [-0.2, 0) is 0 Å². The molecular formula is C18H24N2. The third-order valence-electron chi connectivity index (χ3n) is 3.73.